The van der Waals surface area contributed by atoms with Crippen molar-refractivity contribution in [1.29, 1.82) is 0 Å². The third-order valence-corrected chi connectivity index (χ3v) is 4.79. The van der Waals surface area contributed by atoms with Gasteiger partial charge in [0.2, 0.25) is 5.91 Å². The van der Waals surface area contributed by atoms with Gasteiger partial charge in [-0.05, 0) is 23.8 Å². The Hall–Kier alpha value is -2.73. The van der Waals surface area contributed by atoms with Crippen LogP contribution in [-0.2, 0) is 4.79 Å². The van der Waals surface area contributed by atoms with E-state index in [1.807, 2.05) is 23.1 Å². The minimum atomic E-state index is -0.895. The highest BCUT2D eigenvalue weighted by atomic mass is 19.2. The summed E-state index contributed by atoms with van der Waals surface area (Å²) in [6.45, 7) is 4.38. The number of nitrogens with zero attached hydrogens (tertiary/aromatic N) is 2. The molecule has 1 aliphatic heterocycles. The van der Waals surface area contributed by atoms with Gasteiger partial charge in [-0.1, -0.05) is 42.5 Å². The van der Waals surface area contributed by atoms with Gasteiger partial charge in [0.15, 0.2) is 11.6 Å². The predicted molar refractivity (Wildman–Crippen MR) is 108 cm³/mol. The van der Waals surface area contributed by atoms with Crippen LogP contribution in [0.25, 0.3) is 6.08 Å². The Labute approximate surface area is 164 Å². The van der Waals surface area contributed by atoms with Crippen LogP contribution in [0, 0.1) is 11.6 Å². The molecule has 28 heavy (non-hydrogen) atoms. The second-order valence-corrected chi connectivity index (χ2v) is 6.80. The molecule has 0 bridgehead atoms. The zero-order valence-electron chi connectivity index (χ0n) is 15.8. The molecule has 4 nitrogen and oxygen atoms in total. The first-order valence-electron chi connectivity index (χ1n) is 9.52. The van der Waals surface area contributed by atoms with Crippen molar-refractivity contribution in [1.82, 2.24) is 9.80 Å². The third kappa shape index (κ3) is 5.89. The summed E-state index contributed by atoms with van der Waals surface area (Å²) in [7, 11) is 0. The van der Waals surface area contributed by atoms with Gasteiger partial charge < -0.3 is 10.2 Å². The summed E-state index contributed by atoms with van der Waals surface area (Å²) in [4.78, 5) is 16.5. The molecular formula is C22H25F2N3O. The molecule has 2 aromatic carbocycles. The Morgan fingerprint density at radius 2 is 1.75 bits per heavy atom. The normalized spacial score (nSPS) is 15.1. The van der Waals surface area contributed by atoms with Gasteiger partial charge in [-0.15, -0.1) is 0 Å². The Kier molecular flexibility index (Phi) is 7.14. The summed E-state index contributed by atoms with van der Waals surface area (Å²) in [6.07, 6.45) is 4.59. The molecule has 0 aromatic heterocycles. The van der Waals surface area contributed by atoms with Crippen LogP contribution in [0.3, 0.4) is 0 Å². The number of anilines is 1. The SMILES string of the molecule is O=C(CCNc1ccc(F)c(F)c1)N1CCN(C/C=C/c2ccccc2)CC1. The zero-order valence-corrected chi connectivity index (χ0v) is 15.8. The van der Waals surface area contributed by atoms with Crippen molar-refractivity contribution < 1.29 is 13.6 Å². The van der Waals surface area contributed by atoms with Crippen LogP contribution in [0.15, 0.2) is 54.6 Å². The number of rotatable bonds is 7. The summed E-state index contributed by atoms with van der Waals surface area (Å²) in [6, 6.07) is 13.8. The molecule has 1 amide bonds. The van der Waals surface area contributed by atoms with Crippen LogP contribution in [0.2, 0.25) is 0 Å². The van der Waals surface area contributed by atoms with Crippen molar-refractivity contribution in [2.24, 2.45) is 0 Å². The van der Waals surface area contributed by atoms with Gasteiger partial charge in [0.1, 0.15) is 0 Å². The molecule has 0 atom stereocenters. The largest absolute Gasteiger partial charge is 0.384 e. The maximum absolute atomic E-state index is 13.2. The Bertz CT molecular complexity index is 803. The minimum Gasteiger partial charge on any atom is -0.384 e. The van der Waals surface area contributed by atoms with E-state index in [0.717, 1.165) is 31.8 Å². The van der Waals surface area contributed by atoms with Crippen LogP contribution in [-0.4, -0.2) is 55.0 Å². The molecule has 148 valence electrons. The highest BCUT2D eigenvalue weighted by Gasteiger charge is 2.19. The minimum absolute atomic E-state index is 0.0783. The van der Waals surface area contributed by atoms with Crippen LogP contribution < -0.4 is 5.32 Å². The van der Waals surface area contributed by atoms with Gasteiger partial charge in [0.25, 0.3) is 0 Å². The molecule has 3 rings (SSSR count). The quantitative estimate of drug-likeness (QED) is 0.791. The van der Waals surface area contributed by atoms with E-state index in [1.165, 1.54) is 11.6 Å². The molecule has 0 radical (unpaired) electrons. The van der Waals surface area contributed by atoms with Crippen molar-refractivity contribution in [3.63, 3.8) is 0 Å². The van der Waals surface area contributed by atoms with E-state index in [4.69, 9.17) is 0 Å². The fourth-order valence-electron chi connectivity index (χ4n) is 3.16. The van der Waals surface area contributed by atoms with E-state index in [9.17, 15) is 13.6 Å². The first kappa shape index (κ1) is 20.0. The summed E-state index contributed by atoms with van der Waals surface area (Å²) in [5, 5.41) is 2.96. The molecule has 0 unspecified atom stereocenters. The number of amides is 1. The van der Waals surface area contributed by atoms with Gasteiger partial charge in [-0.2, -0.15) is 0 Å². The van der Waals surface area contributed by atoms with Gasteiger partial charge in [0.05, 0.1) is 0 Å². The van der Waals surface area contributed by atoms with Crippen molar-refractivity contribution in [3.05, 3.63) is 71.8 Å². The maximum atomic E-state index is 13.2. The molecule has 0 saturated carbocycles. The Balaban J connectivity index is 1.35. The highest BCUT2D eigenvalue weighted by molar-refractivity contribution is 5.76. The standard InChI is InChI=1S/C22H25F2N3O/c23-20-9-8-19(17-21(20)24)25-11-10-22(28)27-15-13-26(14-16-27)12-4-7-18-5-2-1-3-6-18/h1-9,17,25H,10-16H2/b7-4+. The Morgan fingerprint density at radius 3 is 2.46 bits per heavy atom. The summed E-state index contributed by atoms with van der Waals surface area (Å²) in [5.74, 6) is -1.69. The van der Waals surface area contributed by atoms with Gasteiger partial charge >= 0.3 is 0 Å². The molecule has 1 saturated heterocycles. The van der Waals surface area contributed by atoms with E-state index in [1.54, 1.807) is 0 Å². The average Bonchev–Trinajstić information content (AvgIpc) is 2.72. The molecular weight excluding hydrogens is 360 g/mol. The smallest absolute Gasteiger partial charge is 0.224 e. The van der Waals surface area contributed by atoms with E-state index in [-0.39, 0.29) is 5.91 Å². The van der Waals surface area contributed by atoms with E-state index in [0.29, 0.717) is 31.7 Å². The van der Waals surface area contributed by atoms with Gasteiger partial charge in [-0.25, -0.2) is 8.78 Å². The van der Waals surface area contributed by atoms with Crippen molar-refractivity contribution in [3.8, 4) is 0 Å². The van der Waals surface area contributed by atoms with Gasteiger partial charge in [0, 0.05) is 51.4 Å². The maximum Gasteiger partial charge on any atom is 0.224 e. The lowest BCUT2D eigenvalue weighted by atomic mass is 10.2. The lowest BCUT2D eigenvalue weighted by molar-refractivity contribution is -0.132. The molecule has 1 N–H and O–H groups in total. The number of halogens is 2. The number of hydrogen-bond acceptors (Lipinski definition) is 3. The predicted octanol–water partition coefficient (Wildman–Crippen LogP) is 3.62. The first-order valence-corrected chi connectivity index (χ1v) is 9.52. The number of carbonyl (C=O) groups excluding carboxylic acids is 1. The first-order chi connectivity index (χ1) is 13.6. The van der Waals surface area contributed by atoms with Crippen LogP contribution in [0.5, 0.6) is 0 Å². The van der Waals surface area contributed by atoms with E-state index in [2.05, 4.69) is 34.5 Å². The number of benzene rings is 2. The second-order valence-electron chi connectivity index (χ2n) is 6.80. The lowest BCUT2D eigenvalue weighted by Gasteiger charge is -2.34. The number of hydrogen-bond donors (Lipinski definition) is 1. The number of carbonyl (C=O) groups is 1. The molecule has 1 heterocycles. The molecule has 1 fully saturated rings. The summed E-state index contributed by atoms with van der Waals surface area (Å²) < 4.78 is 26.1. The number of nitrogens with one attached hydrogen (secondary N) is 1. The second kappa shape index (κ2) is 9.99. The zero-order chi connectivity index (χ0) is 19.8. The summed E-state index contributed by atoms with van der Waals surface area (Å²) in [5.41, 5.74) is 1.66. The average molecular weight is 385 g/mol. The molecule has 0 spiro atoms. The van der Waals surface area contributed by atoms with Gasteiger partial charge in [-0.3, -0.25) is 9.69 Å². The summed E-state index contributed by atoms with van der Waals surface area (Å²) >= 11 is 0. The van der Waals surface area contributed by atoms with Crippen LogP contribution >= 0.6 is 0 Å². The molecule has 0 aliphatic carbocycles. The third-order valence-electron chi connectivity index (χ3n) is 4.79. The fourth-order valence-corrected chi connectivity index (χ4v) is 3.16. The van der Waals surface area contributed by atoms with Crippen LogP contribution in [0.1, 0.15) is 12.0 Å². The van der Waals surface area contributed by atoms with E-state index >= 15 is 0 Å². The molecule has 1 aliphatic rings. The van der Waals surface area contributed by atoms with Crippen molar-refractivity contribution in [2.45, 2.75) is 6.42 Å². The highest BCUT2D eigenvalue weighted by Crippen LogP contribution is 2.13. The van der Waals surface area contributed by atoms with Crippen molar-refractivity contribution >= 4 is 17.7 Å². The molecule has 6 heteroatoms. The fraction of sp³-hybridized carbons (Fsp3) is 0.318. The monoisotopic (exact) mass is 385 g/mol. The topological polar surface area (TPSA) is 35.6 Å². The van der Waals surface area contributed by atoms with Crippen LogP contribution in [0.4, 0.5) is 14.5 Å². The lowest BCUT2D eigenvalue weighted by Crippen LogP contribution is -2.48. The molecule has 2 aromatic rings. The Morgan fingerprint density at radius 1 is 1.00 bits per heavy atom. The van der Waals surface area contributed by atoms with E-state index < -0.39 is 11.6 Å². The van der Waals surface area contributed by atoms with Crippen molar-refractivity contribution in [2.75, 3.05) is 44.6 Å². The number of piperazine rings is 1.